The lowest BCUT2D eigenvalue weighted by Crippen LogP contribution is -2.16. The molecule has 0 saturated heterocycles. The summed E-state index contributed by atoms with van der Waals surface area (Å²) in [5, 5.41) is 11.6. The van der Waals surface area contributed by atoms with Gasteiger partial charge in [-0.25, -0.2) is 0 Å². The topological polar surface area (TPSA) is 51.0 Å². The first-order valence-corrected chi connectivity index (χ1v) is 6.93. The van der Waals surface area contributed by atoms with Crippen molar-refractivity contribution in [2.75, 3.05) is 13.1 Å². The minimum Gasteiger partial charge on any atom is -0.425 e. The van der Waals surface area contributed by atoms with Gasteiger partial charge in [-0.2, -0.15) is 0 Å². The monoisotopic (exact) mass is 259 g/mol. The van der Waals surface area contributed by atoms with Gasteiger partial charge < -0.3 is 9.73 Å². The quantitative estimate of drug-likeness (QED) is 0.777. The Morgan fingerprint density at radius 3 is 2.63 bits per heavy atom. The molecule has 0 spiro atoms. The van der Waals surface area contributed by atoms with Crippen LogP contribution < -0.4 is 5.32 Å². The second-order valence-electron chi connectivity index (χ2n) is 4.51. The van der Waals surface area contributed by atoms with Crippen molar-refractivity contribution in [2.45, 2.75) is 32.6 Å². The average Bonchev–Trinajstić information content (AvgIpc) is 2.90. The second kappa shape index (κ2) is 7.04. The Labute approximate surface area is 114 Å². The first-order valence-electron chi connectivity index (χ1n) is 6.93. The number of nitrogens with one attached hydrogen (secondary N) is 1. The number of likely N-dealkylation sites (N-methyl/N-ethyl adjacent to an activating group) is 1. The molecule has 0 radical (unpaired) electrons. The van der Waals surface area contributed by atoms with Crippen molar-refractivity contribution in [2.24, 2.45) is 0 Å². The summed E-state index contributed by atoms with van der Waals surface area (Å²) in [6.45, 7) is 6.06. The Morgan fingerprint density at radius 1 is 1.16 bits per heavy atom. The van der Waals surface area contributed by atoms with Gasteiger partial charge in [-0.3, -0.25) is 0 Å². The molecule has 0 bridgehead atoms. The van der Waals surface area contributed by atoms with Crippen LogP contribution in [0, 0.1) is 0 Å². The Bertz CT molecular complexity index is 481. The van der Waals surface area contributed by atoms with Crippen molar-refractivity contribution in [3.05, 3.63) is 47.7 Å². The van der Waals surface area contributed by atoms with Crippen LogP contribution in [-0.4, -0.2) is 23.3 Å². The summed E-state index contributed by atoms with van der Waals surface area (Å²) in [6.07, 6.45) is 1.74. The smallest absolute Gasteiger partial charge is 0.223 e. The third kappa shape index (κ3) is 3.64. The van der Waals surface area contributed by atoms with Gasteiger partial charge in [0.25, 0.3) is 0 Å². The van der Waals surface area contributed by atoms with Gasteiger partial charge in [0.2, 0.25) is 11.8 Å². The van der Waals surface area contributed by atoms with E-state index < -0.39 is 0 Å². The van der Waals surface area contributed by atoms with Crippen LogP contribution in [0.5, 0.6) is 0 Å². The molecule has 1 heterocycles. The summed E-state index contributed by atoms with van der Waals surface area (Å²) in [4.78, 5) is 0. The Morgan fingerprint density at radius 2 is 1.95 bits per heavy atom. The zero-order chi connectivity index (χ0) is 13.5. The van der Waals surface area contributed by atoms with E-state index in [0.717, 1.165) is 31.8 Å². The summed E-state index contributed by atoms with van der Waals surface area (Å²) in [7, 11) is 0. The summed E-state index contributed by atoms with van der Waals surface area (Å²) >= 11 is 0. The van der Waals surface area contributed by atoms with Crippen molar-refractivity contribution >= 4 is 0 Å². The Hall–Kier alpha value is -1.68. The van der Waals surface area contributed by atoms with Gasteiger partial charge in [0.05, 0.1) is 5.92 Å². The van der Waals surface area contributed by atoms with Crippen molar-refractivity contribution in [1.29, 1.82) is 0 Å². The molecule has 1 unspecified atom stereocenters. The molecule has 0 aliphatic carbocycles. The lowest BCUT2D eigenvalue weighted by atomic mass is 9.97. The van der Waals surface area contributed by atoms with Crippen LogP contribution in [0.15, 0.2) is 34.7 Å². The van der Waals surface area contributed by atoms with E-state index in [2.05, 4.69) is 41.5 Å². The molecular weight excluding hydrogens is 238 g/mol. The molecule has 2 rings (SSSR count). The minimum atomic E-state index is 0.196. The molecule has 102 valence electrons. The van der Waals surface area contributed by atoms with Crippen LogP contribution in [0.1, 0.15) is 43.5 Å². The number of benzene rings is 1. The van der Waals surface area contributed by atoms with Gasteiger partial charge in [-0.1, -0.05) is 44.2 Å². The molecule has 4 nitrogen and oxygen atoms in total. The van der Waals surface area contributed by atoms with Gasteiger partial charge in [-0.15, -0.1) is 10.2 Å². The van der Waals surface area contributed by atoms with E-state index in [9.17, 15) is 0 Å². The summed E-state index contributed by atoms with van der Waals surface area (Å²) in [5.74, 6) is 1.63. The normalized spacial score (nSPS) is 12.5. The number of nitrogens with zero attached hydrogens (tertiary/aromatic N) is 2. The molecule has 19 heavy (non-hydrogen) atoms. The van der Waals surface area contributed by atoms with Gasteiger partial charge in [-0.05, 0) is 18.5 Å². The zero-order valence-corrected chi connectivity index (χ0v) is 11.6. The molecule has 1 aromatic heterocycles. The Balaban J connectivity index is 2.07. The van der Waals surface area contributed by atoms with Crippen molar-refractivity contribution in [3.63, 3.8) is 0 Å². The minimum absolute atomic E-state index is 0.196. The second-order valence-corrected chi connectivity index (χ2v) is 4.51. The van der Waals surface area contributed by atoms with E-state index in [0.29, 0.717) is 5.89 Å². The highest BCUT2D eigenvalue weighted by Gasteiger charge is 2.18. The first kappa shape index (κ1) is 13.7. The highest BCUT2D eigenvalue weighted by atomic mass is 16.4. The molecule has 1 aromatic carbocycles. The van der Waals surface area contributed by atoms with Gasteiger partial charge in [0, 0.05) is 13.0 Å². The van der Waals surface area contributed by atoms with E-state index >= 15 is 0 Å². The summed E-state index contributed by atoms with van der Waals surface area (Å²) < 4.78 is 5.78. The fourth-order valence-corrected chi connectivity index (χ4v) is 2.12. The molecule has 1 atom stereocenters. The van der Waals surface area contributed by atoms with Crippen LogP contribution in [-0.2, 0) is 6.42 Å². The number of hydrogen-bond donors (Lipinski definition) is 1. The molecular formula is C15H21N3O. The maximum Gasteiger partial charge on any atom is 0.223 e. The maximum atomic E-state index is 5.78. The number of rotatable bonds is 7. The molecule has 1 N–H and O–H groups in total. The third-order valence-electron chi connectivity index (χ3n) is 3.16. The van der Waals surface area contributed by atoms with Gasteiger partial charge in [0.15, 0.2) is 0 Å². The van der Waals surface area contributed by atoms with E-state index in [1.807, 2.05) is 18.2 Å². The van der Waals surface area contributed by atoms with E-state index in [1.165, 1.54) is 5.56 Å². The predicted molar refractivity (Wildman–Crippen MR) is 75.1 cm³/mol. The highest BCUT2D eigenvalue weighted by molar-refractivity contribution is 5.24. The fourth-order valence-electron chi connectivity index (χ4n) is 2.12. The molecule has 0 aliphatic rings. The highest BCUT2D eigenvalue weighted by Crippen LogP contribution is 2.26. The van der Waals surface area contributed by atoms with Crippen LogP contribution in [0.3, 0.4) is 0 Å². The van der Waals surface area contributed by atoms with Crippen LogP contribution in [0.4, 0.5) is 0 Å². The zero-order valence-electron chi connectivity index (χ0n) is 11.6. The lowest BCUT2D eigenvalue weighted by Gasteiger charge is -2.10. The van der Waals surface area contributed by atoms with Crippen molar-refractivity contribution in [3.8, 4) is 0 Å². The van der Waals surface area contributed by atoms with E-state index in [4.69, 9.17) is 4.42 Å². The summed E-state index contributed by atoms with van der Waals surface area (Å²) in [6, 6.07) is 10.3. The lowest BCUT2D eigenvalue weighted by molar-refractivity contribution is 0.425. The van der Waals surface area contributed by atoms with Crippen LogP contribution >= 0.6 is 0 Å². The average molecular weight is 259 g/mol. The number of aromatic nitrogens is 2. The number of hydrogen-bond acceptors (Lipinski definition) is 4. The molecule has 0 saturated carbocycles. The molecule has 0 amide bonds. The molecule has 0 fully saturated rings. The Kier molecular flexibility index (Phi) is 5.10. The summed E-state index contributed by atoms with van der Waals surface area (Å²) in [5.41, 5.74) is 1.23. The van der Waals surface area contributed by atoms with Crippen molar-refractivity contribution < 1.29 is 4.42 Å². The van der Waals surface area contributed by atoms with E-state index in [-0.39, 0.29) is 5.92 Å². The fraction of sp³-hybridized carbons (Fsp3) is 0.467. The van der Waals surface area contributed by atoms with Gasteiger partial charge in [0.1, 0.15) is 0 Å². The van der Waals surface area contributed by atoms with Crippen molar-refractivity contribution in [1.82, 2.24) is 15.5 Å². The standard InChI is InChI=1S/C15H21N3O/c1-3-13(12-8-6-5-7-9-12)15-18-17-14(19-15)10-11-16-4-2/h5-9,13,16H,3-4,10-11H2,1-2H3. The molecule has 0 aliphatic heterocycles. The third-order valence-corrected chi connectivity index (χ3v) is 3.16. The van der Waals surface area contributed by atoms with Crippen LogP contribution in [0.2, 0.25) is 0 Å². The SMILES string of the molecule is CCNCCc1nnc(C(CC)c2ccccc2)o1. The molecule has 2 aromatic rings. The maximum absolute atomic E-state index is 5.78. The van der Waals surface area contributed by atoms with E-state index in [1.54, 1.807) is 0 Å². The first-order chi connectivity index (χ1) is 9.35. The van der Waals surface area contributed by atoms with Gasteiger partial charge >= 0.3 is 0 Å². The largest absolute Gasteiger partial charge is 0.425 e. The molecule has 4 heteroatoms. The predicted octanol–water partition coefficient (Wildman–Crippen LogP) is 2.76. The van der Waals surface area contributed by atoms with Crippen LogP contribution in [0.25, 0.3) is 0 Å².